The lowest BCUT2D eigenvalue weighted by Gasteiger charge is -2.08. The molecular formula is C19H16ClN3. The third-order valence-corrected chi connectivity index (χ3v) is 4.39. The Balaban J connectivity index is 1.97. The van der Waals surface area contributed by atoms with Gasteiger partial charge in [-0.15, -0.1) is 0 Å². The lowest BCUT2D eigenvalue weighted by atomic mass is 10.0. The maximum Gasteiger partial charge on any atom is 0.0964 e. The highest BCUT2D eigenvalue weighted by Gasteiger charge is 2.17. The third kappa shape index (κ3) is 2.34. The molecule has 4 aromatic rings. The summed E-state index contributed by atoms with van der Waals surface area (Å²) in [6, 6.07) is 16.2. The Bertz CT molecular complexity index is 964. The van der Waals surface area contributed by atoms with Crippen molar-refractivity contribution >= 4 is 22.5 Å². The lowest BCUT2D eigenvalue weighted by molar-refractivity contribution is 0.769. The number of rotatable bonds is 3. The van der Waals surface area contributed by atoms with E-state index in [9.17, 15) is 0 Å². The highest BCUT2D eigenvalue weighted by molar-refractivity contribution is 6.30. The number of H-pyrrole nitrogens is 1. The van der Waals surface area contributed by atoms with Crippen molar-refractivity contribution < 1.29 is 0 Å². The molecule has 0 aliphatic rings. The summed E-state index contributed by atoms with van der Waals surface area (Å²) >= 11 is 6.02. The SMILES string of the molecule is CCn1cnc(-c2ccc(Cl)cc2)c1-c1c[nH]c2ccccc12. The number of hydrogen-bond donors (Lipinski definition) is 1. The Morgan fingerprint density at radius 1 is 1.09 bits per heavy atom. The molecule has 0 saturated heterocycles. The molecule has 2 heterocycles. The van der Waals surface area contributed by atoms with Gasteiger partial charge in [-0.05, 0) is 25.1 Å². The molecule has 0 aliphatic carbocycles. The first kappa shape index (κ1) is 14.1. The first-order valence-corrected chi connectivity index (χ1v) is 8.03. The van der Waals surface area contributed by atoms with E-state index in [2.05, 4.69) is 45.9 Å². The van der Waals surface area contributed by atoms with Gasteiger partial charge in [0.1, 0.15) is 0 Å². The van der Waals surface area contributed by atoms with Crippen LogP contribution < -0.4 is 0 Å². The summed E-state index contributed by atoms with van der Waals surface area (Å²) in [5, 5.41) is 1.94. The Hall–Kier alpha value is -2.52. The van der Waals surface area contributed by atoms with Crippen LogP contribution in [-0.2, 0) is 6.54 Å². The molecule has 23 heavy (non-hydrogen) atoms. The van der Waals surface area contributed by atoms with E-state index in [1.165, 1.54) is 10.9 Å². The normalized spacial score (nSPS) is 11.2. The van der Waals surface area contributed by atoms with Crippen molar-refractivity contribution in [3.63, 3.8) is 0 Å². The molecule has 0 bridgehead atoms. The van der Waals surface area contributed by atoms with Crippen LogP contribution in [-0.4, -0.2) is 14.5 Å². The fourth-order valence-electron chi connectivity index (χ4n) is 2.99. The van der Waals surface area contributed by atoms with E-state index >= 15 is 0 Å². The second-order valence-electron chi connectivity index (χ2n) is 5.48. The van der Waals surface area contributed by atoms with Crippen LogP contribution in [0.1, 0.15) is 6.92 Å². The fraction of sp³-hybridized carbons (Fsp3) is 0.105. The van der Waals surface area contributed by atoms with Crippen LogP contribution >= 0.6 is 11.6 Å². The average Bonchev–Trinajstić information content (AvgIpc) is 3.18. The van der Waals surface area contributed by atoms with Gasteiger partial charge < -0.3 is 9.55 Å². The molecule has 1 N–H and O–H groups in total. The summed E-state index contributed by atoms with van der Waals surface area (Å²) in [5.74, 6) is 0. The predicted octanol–water partition coefficient (Wildman–Crippen LogP) is 5.37. The molecule has 4 rings (SSSR count). The molecule has 0 aliphatic heterocycles. The van der Waals surface area contributed by atoms with Crippen molar-refractivity contribution in [2.45, 2.75) is 13.5 Å². The molecule has 0 radical (unpaired) electrons. The molecule has 2 aromatic carbocycles. The number of halogens is 1. The number of aromatic amines is 1. The summed E-state index contributed by atoms with van der Waals surface area (Å²) < 4.78 is 2.18. The Kier molecular flexibility index (Phi) is 3.43. The second-order valence-corrected chi connectivity index (χ2v) is 5.92. The predicted molar refractivity (Wildman–Crippen MR) is 95.6 cm³/mol. The van der Waals surface area contributed by atoms with Gasteiger partial charge in [-0.25, -0.2) is 4.98 Å². The van der Waals surface area contributed by atoms with E-state index in [-0.39, 0.29) is 0 Å². The number of hydrogen-bond acceptors (Lipinski definition) is 1. The van der Waals surface area contributed by atoms with E-state index < -0.39 is 0 Å². The molecule has 114 valence electrons. The van der Waals surface area contributed by atoms with Gasteiger partial charge in [-0.3, -0.25) is 0 Å². The van der Waals surface area contributed by atoms with Crippen molar-refractivity contribution in [3.05, 3.63) is 66.1 Å². The summed E-state index contributed by atoms with van der Waals surface area (Å²) in [5.41, 5.74) is 5.49. The molecule has 0 fully saturated rings. The zero-order valence-corrected chi connectivity index (χ0v) is 13.5. The summed E-state index contributed by atoms with van der Waals surface area (Å²) in [6.07, 6.45) is 3.97. The van der Waals surface area contributed by atoms with Crippen LogP contribution in [0.15, 0.2) is 61.1 Å². The molecule has 3 nitrogen and oxygen atoms in total. The number of aromatic nitrogens is 3. The summed E-state index contributed by atoms with van der Waals surface area (Å²) in [7, 11) is 0. The standard InChI is InChI=1S/C19H16ClN3/c1-2-23-12-22-18(13-7-9-14(20)10-8-13)19(23)16-11-21-17-6-4-3-5-15(16)17/h3-12,21H,2H2,1H3. The minimum absolute atomic E-state index is 0.734. The minimum Gasteiger partial charge on any atom is -0.360 e. The molecule has 2 aromatic heterocycles. The fourth-order valence-corrected chi connectivity index (χ4v) is 3.12. The maximum atomic E-state index is 6.02. The van der Waals surface area contributed by atoms with Crippen molar-refractivity contribution in [2.75, 3.05) is 0 Å². The largest absolute Gasteiger partial charge is 0.360 e. The molecule has 0 atom stereocenters. The zero-order chi connectivity index (χ0) is 15.8. The van der Waals surface area contributed by atoms with Gasteiger partial charge in [-0.1, -0.05) is 41.9 Å². The van der Waals surface area contributed by atoms with Gasteiger partial charge in [0.15, 0.2) is 0 Å². The minimum atomic E-state index is 0.734. The number of imidazole rings is 1. The molecular weight excluding hydrogens is 306 g/mol. The number of para-hydroxylation sites is 1. The maximum absolute atomic E-state index is 6.02. The van der Waals surface area contributed by atoms with Crippen molar-refractivity contribution in [3.8, 4) is 22.5 Å². The third-order valence-electron chi connectivity index (χ3n) is 4.14. The Labute approximate surface area is 139 Å². The van der Waals surface area contributed by atoms with E-state index in [0.29, 0.717) is 0 Å². The van der Waals surface area contributed by atoms with Gasteiger partial charge >= 0.3 is 0 Å². The van der Waals surface area contributed by atoms with Crippen molar-refractivity contribution in [2.24, 2.45) is 0 Å². The van der Waals surface area contributed by atoms with Gasteiger partial charge in [0.25, 0.3) is 0 Å². The number of fused-ring (bicyclic) bond motifs is 1. The van der Waals surface area contributed by atoms with Crippen LogP contribution in [0.5, 0.6) is 0 Å². The zero-order valence-electron chi connectivity index (χ0n) is 12.8. The quantitative estimate of drug-likeness (QED) is 0.540. The van der Waals surface area contributed by atoms with Gasteiger partial charge in [0.2, 0.25) is 0 Å². The smallest absolute Gasteiger partial charge is 0.0964 e. The van der Waals surface area contributed by atoms with E-state index in [4.69, 9.17) is 11.6 Å². The van der Waals surface area contributed by atoms with E-state index in [0.717, 1.165) is 34.0 Å². The van der Waals surface area contributed by atoms with Crippen LogP contribution in [0.4, 0.5) is 0 Å². The van der Waals surface area contributed by atoms with Gasteiger partial charge in [0.05, 0.1) is 17.7 Å². The molecule has 0 amide bonds. The first-order chi connectivity index (χ1) is 11.3. The number of nitrogens with zero attached hydrogens (tertiary/aromatic N) is 2. The van der Waals surface area contributed by atoms with Crippen LogP contribution in [0.3, 0.4) is 0 Å². The Morgan fingerprint density at radius 2 is 1.87 bits per heavy atom. The average molecular weight is 322 g/mol. The number of nitrogens with one attached hydrogen (secondary N) is 1. The van der Waals surface area contributed by atoms with Gasteiger partial charge in [0, 0.05) is 39.8 Å². The molecule has 0 unspecified atom stereocenters. The van der Waals surface area contributed by atoms with E-state index in [1.54, 1.807) is 0 Å². The number of benzene rings is 2. The molecule has 4 heteroatoms. The topological polar surface area (TPSA) is 33.6 Å². The first-order valence-electron chi connectivity index (χ1n) is 7.65. The molecule has 0 spiro atoms. The summed E-state index contributed by atoms with van der Waals surface area (Å²) in [4.78, 5) is 8.01. The van der Waals surface area contributed by atoms with Crippen LogP contribution in [0, 0.1) is 0 Å². The van der Waals surface area contributed by atoms with Crippen LogP contribution in [0.2, 0.25) is 5.02 Å². The monoisotopic (exact) mass is 321 g/mol. The van der Waals surface area contributed by atoms with Gasteiger partial charge in [-0.2, -0.15) is 0 Å². The van der Waals surface area contributed by atoms with Crippen molar-refractivity contribution in [1.82, 2.24) is 14.5 Å². The molecule has 0 saturated carbocycles. The van der Waals surface area contributed by atoms with Crippen LogP contribution in [0.25, 0.3) is 33.4 Å². The lowest BCUT2D eigenvalue weighted by Crippen LogP contribution is -1.95. The number of aryl methyl sites for hydroxylation is 1. The highest BCUT2D eigenvalue weighted by atomic mass is 35.5. The highest BCUT2D eigenvalue weighted by Crippen LogP contribution is 2.35. The summed E-state index contributed by atoms with van der Waals surface area (Å²) in [6.45, 7) is 3.00. The Morgan fingerprint density at radius 3 is 2.65 bits per heavy atom. The van der Waals surface area contributed by atoms with Crippen molar-refractivity contribution in [1.29, 1.82) is 0 Å². The van der Waals surface area contributed by atoms with E-state index in [1.807, 2.05) is 36.7 Å². The second kappa shape index (κ2) is 5.60.